The molecule has 64 valence electrons. The Morgan fingerprint density at radius 3 is 2.64 bits per heavy atom. The topological polar surface area (TPSA) is 12.0 Å². The average Bonchev–Trinajstić information content (AvgIpc) is 2.06. The summed E-state index contributed by atoms with van der Waals surface area (Å²) in [4.78, 5) is 0. The number of hydrogen-bond acceptors (Lipinski definition) is 2. The highest BCUT2D eigenvalue weighted by molar-refractivity contribution is 7.99. The summed E-state index contributed by atoms with van der Waals surface area (Å²) >= 11 is 1.93. The molecule has 0 fully saturated rings. The van der Waals surface area contributed by atoms with Crippen molar-refractivity contribution in [1.82, 2.24) is 5.32 Å². The molecule has 0 amide bonds. The van der Waals surface area contributed by atoms with Gasteiger partial charge >= 0.3 is 0 Å². The maximum Gasteiger partial charge on any atom is 0.0776 e. The van der Waals surface area contributed by atoms with E-state index in [1.165, 1.54) is 6.42 Å². The molecule has 11 heavy (non-hydrogen) atoms. The SMILES string of the molecule is C#CC(CSC(C)CC)NC. The second-order valence-corrected chi connectivity index (χ2v) is 4.03. The van der Waals surface area contributed by atoms with Gasteiger partial charge in [0.05, 0.1) is 6.04 Å². The molecule has 0 radical (unpaired) electrons. The van der Waals surface area contributed by atoms with E-state index in [2.05, 4.69) is 25.1 Å². The molecule has 2 atom stereocenters. The summed E-state index contributed by atoms with van der Waals surface area (Å²) in [5.74, 6) is 3.72. The lowest BCUT2D eigenvalue weighted by Gasteiger charge is -2.12. The van der Waals surface area contributed by atoms with Crippen molar-refractivity contribution in [1.29, 1.82) is 0 Å². The van der Waals surface area contributed by atoms with Gasteiger partial charge in [-0.15, -0.1) is 6.42 Å². The van der Waals surface area contributed by atoms with Gasteiger partial charge in [0.25, 0.3) is 0 Å². The molecule has 0 aromatic rings. The number of thioether (sulfide) groups is 1. The van der Waals surface area contributed by atoms with Gasteiger partial charge in [0.15, 0.2) is 0 Å². The predicted molar refractivity (Wildman–Crippen MR) is 53.9 cm³/mol. The van der Waals surface area contributed by atoms with E-state index >= 15 is 0 Å². The maximum atomic E-state index is 5.29. The Hall–Kier alpha value is -0.130. The fourth-order valence-electron chi connectivity index (χ4n) is 0.593. The van der Waals surface area contributed by atoms with E-state index in [4.69, 9.17) is 6.42 Å². The van der Waals surface area contributed by atoms with Gasteiger partial charge in [-0.1, -0.05) is 19.8 Å². The highest BCUT2D eigenvalue weighted by Crippen LogP contribution is 2.13. The van der Waals surface area contributed by atoms with E-state index in [-0.39, 0.29) is 6.04 Å². The highest BCUT2D eigenvalue weighted by atomic mass is 32.2. The molecule has 0 heterocycles. The summed E-state index contributed by atoms with van der Waals surface area (Å²) in [6.07, 6.45) is 6.50. The molecule has 0 aromatic carbocycles. The van der Waals surface area contributed by atoms with Crippen LogP contribution in [0.5, 0.6) is 0 Å². The molecule has 0 saturated carbocycles. The van der Waals surface area contributed by atoms with Crippen molar-refractivity contribution in [3.8, 4) is 12.3 Å². The van der Waals surface area contributed by atoms with Crippen LogP contribution in [0.1, 0.15) is 20.3 Å². The predicted octanol–water partition coefficient (Wildman–Crippen LogP) is 1.74. The number of hydrogen-bond donors (Lipinski definition) is 1. The van der Waals surface area contributed by atoms with Gasteiger partial charge in [-0.25, -0.2) is 0 Å². The molecule has 0 bridgehead atoms. The zero-order valence-electron chi connectivity index (χ0n) is 7.55. The molecule has 0 aliphatic rings. The molecule has 0 saturated heterocycles. The Balaban J connectivity index is 3.44. The van der Waals surface area contributed by atoms with E-state index in [9.17, 15) is 0 Å². The summed E-state index contributed by atoms with van der Waals surface area (Å²) in [7, 11) is 1.90. The standard InChI is InChI=1S/C9H17NS/c1-5-8(3)11-7-9(6-2)10-4/h2,8-10H,5,7H2,1,3-4H3. The van der Waals surface area contributed by atoms with Crippen LogP contribution in [-0.4, -0.2) is 24.1 Å². The second-order valence-electron chi connectivity index (χ2n) is 2.56. The first-order chi connectivity index (χ1) is 5.24. The van der Waals surface area contributed by atoms with Gasteiger partial charge < -0.3 is 5.32 Å². The second kappa shape index (κ2) is 6.57. The van der Waals surface area contributed by atoms with Gasteiger partial charge in [0.2, 0.25) is 0 Å². The normalized spacial score (nSPS) is 15.5. The van der Waals surface area contributed by atoms with E-state index in [1.54, 1.807) is 0 Å². The summed E-state index contributed by atoms with van der Waals surface area (Å²) in [6, 6.07) is 0.231. The van der Waals surface area contributed by atoms with E-state index in [0.29, 0.717) is 0 Å². The summed E-state index contributed by atoms with van der Waals surface area (Å²) in [5.41, 5.74) is 0. The van der Waals surface area contributed by atoms with Crippen molar-refractivity contribution >= 4 is 11.8 Å². The first-order valence-electron chi connectivity index (χ1n) is 3.99. The third-order valence-corrected chi connectivity index (χ3v) is 3.10. The molecule has 0 aromatic heterocycles. The summed E-state index contributed by atoms with van der Waals surface area (Å²) < 4.78 is 0. The zero-order chi connectivity index (χ0) is 8.69. The molecule has 1 nitrogen and oxygen atoms in total. The fraction of sp³-hybridized carbons (Fsp3) is 0.778. The Morgan fingerprint density at radius 2 is 2.27 bits per heavy atom. The largest absolute Gasteiger partial charge is 0.306 e. The zero-order valence-corrected chi connectivity index (χ0v) is 8.37. The Bertz CT molecular complexity index is 128. The molecular formula is C9H17NS. The molecule has 1 N–H and O–H groups in total. The highest BCUT2D eigenvalue weighted by Gasteiger charge is 2.04. The lowest BCUT2D eigenvalue weighted by molar-refractivity contribution is 0.756. The first-order valence-corrected chi connectivity index (χ1v) is 5.04. The fourth-order valence-corrected chi connectivity index (χ4v) is 1.61. The third kappa shape index (κ3) is 5.17. The van der Waals surface area contributed by atoms with Crippen molar-refractivity contribution in [3.05, 3.63) is 0 Å². The van der Waals surface area contributed by atoms with Crippen molar-refractivity contribution in [2.75, 3.05) is 12.8 Å². The molecule has 0 rings (SSSR count). The van der Waals surface area contributed by atoms with Gasteiger partial charge in [-0.2, -0.15) is 11.8 Å². The smallest absolute Gasteiger partial charge is 0.0776 e. The molecule has 0 spiro atoms. The van der Waals surface area contributed by atoms with Crippen LogP contribution in [-0.2, 0) is 0 Å². The van der Waals surface area contributed by atoms with Crippen LogP contribution in [0, 0.1) is 12.3 Å². The Kier molecular flexibility index (Phi) is 6.49. The van der Waals surface area contributed by atoms with Gasteiger partial charge in [-0.05, 0) is 13.5 Å². The van der Waals surface area contributed by atoms with Crippen molar-refractivity contribution in [3.63, 3.8) is 0 Å². The van der Waals surface area contributed by atoms with Crippen molar-refractivity contribution < 1.29 is 0 Å². The molecule has 2 heteroatoms. The molecular weight excluding hydrogens is 154 g/mol. The van der Waals surface area contributed by atoms with Gasteiger partial charge in [0.1, 0.15) is 0 Å². The number of nitrogens with one attached hydrogen (secondary N) is 1. The average molecular weight is 171 g/mol. The maximum absolute atomic E-state index is 5.29. The minimum Gasteiger partial charge on any atom is -0.306 e. The first kappa shape index (κ1) is 10.9. The monoisotopic (exact) mass is 171 g/mol. The summed E-state index contributed by atoms with van der Waals surface area (Å²) in [5, 5.41) is 3.80. The van der Waals surface area contributed by atoms with Crippen molar-refractivity contribution in [2.24, 2.45) is 0 Å². The molecule has 2 unspecified atom stereocenters. The van der Waals surface area contributed by atoms with E-state index in [1.807, 2.05) is 18.8 Å². The van der Waals surface area contributed by atoms with Crippen LogP contribution in [0.2, 0.25) is 0 Å². The quantitative estimate of drug-likeness (QED) is 0.632. The van der Waals surface area contributed by atoms with Crippen LogP contribution in [0.3, 0.4) is 0 Å². The van der Waals surface area contributed by atoms with Crippen LogP contribution >= 0.6 is 11.8 Å². The molecule has 0 aliphatic carbocycles. The van der Waals surface area contributed by atoms with Crippen LogP contribution in [0.25, 0.3) is 0 Å². The van der Waals surface area contributed by atoms with Gasteiger partial charge in [0, 0.05) is 11.0 Å². The lowest BCUT2D eigenvalue weighted by atomic mass is 10.4. The van der Waals surface area contributed by atoms with E-state index < -0.39 is 0 Å². The lowest BCUT2D eigenvalue weighted by Crippen LogP contribution is -2.26. The molecule has 0 aliphatic heterocycles. The summed E-state index contributed by atoms with van der Waals surface area (Å²) in [6.45, 7) is 4.43. The van der Waals surface area contributed by atoms with E-state index in [0.717, 1.165) is 11.0 Å². The minimum atomic E-state index is 0.231. The van der Waals surface area contributed by atoms with Crippen LogP contribution in [0.4, 0.5) is 0 Å². The third-order valence-electron chi connectivity index (χ3n) is 1.67. The van der Waals surface area contributed by atoms with Gasteiger partial charge in [-0.3, -0.25) is 0 Å². The Labute approximate surface area is 74.3 Å². The minimum absolute atomic E-state index is 0.231. The number of terminal acetylenes is 1. The Morgan fingerprint density at radius 1 is 1.64 bits per heavy atom. The number of rotatable bonds is 5. The van der Waals surface area contributed by atoms with Crippen LogP contribution < -0.4 is 5.32 Å². The van der Waals surface area contributed by atoms with Crippen molar-refractivity contribution in [2.45, 2.75) is 31.6 Å². The van der Waals surface area contributed by atoms with Crippen LogP contribution in [0.15, 0.2) is 0 Å².